The summed E-state index contributed by atoms with van der Waals surface area (Å²) in [5.41, 5.74) is 1.64. The highest BCUT2D eigenvalue weighted by Gasteiger charge is 2.06. The molecule has 0 unspecified atom stereocenters. The van der Waals surface area contributed by atoms with Gasteiger partial charge in [0.05, 0.1) is 0 Å². The first-order valence-corrected chi connectivity index (χ1v) is 5.47. The van der Waals surface area contributed by atoms with Crippen LogP contribution in [-0.4, -0.2) is 18.5 Å². The van der Waals surface area contributed by atoms with Gasteiger partial charge in [-0.15, -0.1) is 0 Å². The van der Waals surface area contributed by atoms with Gasteiger partial charge in [0, 0.05) is 17.1 Å². The fourth-order valence-electron chi connectivity index (χ4n) is 1.12. The van der Waals surface area contributed by atoms with E-state index in [-0.39, 0.29) is 12.5 Å². The zero-order valence-electron chi connectivity index (χ0n) is 9.04. The second-order valence-electron chi connectivity index (χ2n) is 3.29. The molecule has 1 amide bonds. The van der Waals surface area contributed by atoms with E-state index in [4.69, 9.17) is 0 Å². The summed E-state index contributed by atoms with van der Waals surface area (Å²) in [6.45, 7) is 2.88. The SMILES string of the molecule is CC(=O)OCC(=O)Nc1ccc(Br)cc1C. The van der Waals surface area contributed by atoms with Crippen molar-refractivity contribution in [2.24, 2.45) is 0 Å². The maximum Gasteiger partial charge on any atom is 0.303 e. The highest BCUT2D eigenvalue weighted by molar-refractivity contribution is 9.10. The number of hydrogen-bond donors (Lipinski definition) is 1. The molecule has 0 radical (unpaired) electrons. The van der Waals surface area contributed by atoms with Gasteiger partial charge in [-0.2, -0.15) is 0 Å². The van der Waals surface area contributed by atoms with E-state index in [2.05, 4.69) is 26.0 Å². The molecule has 0 bridgehead atoms. The van der Waals surface area contributed by atoms with Crippen LogP contribution in [-0.2, 0) is 14.3 Å². The summed E-state index contributed by atoms with van der Waals surface area (Å²) >= 11 is 3.33. The number of amides is 1. The molecule has 0 atom stereocenters. The molecule has 0 saturated heterocycles. The Morgan fingerprint density at radius 2 is 2.12 bits per heavy atom. The third-order valence-electron chi connectivity index (χ3n) is 1.87. The Labute approximate surface area is 102 Å². The summed E-state index contributed by atoms with van der Waals surface area (Å²) in [5.74, 6) is -0.816. The Hall–Kier alpha value is -1.36. The van der Waals surface area contributed by atoms with Crippen LogP contribution in [0, 0.1) is 6.92 Å². The highest BCUT2D eigenvalue weighted by Crippen LogP contribution is 2.19. The molecule has 0 spiro atoms. The lowest BCUT2D eigenvalue weighted by Gasteiger charge is -2.08. The standard InChI is InChI=1S/C11H12BrNO3/c1-7-5-9(12)3-4-10(7)13-11(15)6-16-8(2)14/h3-5H,6H2,1-2H3,(H,13,15). The number of nitrogens with one attached hydrogen (secondary N) is 1. The molecule has 0 saturated carbocycles. The Bertz CT molecular complexity index is 418. The van der Waals surface area contributed by atoms with Crippen molar-refractivity contribution in [3.05, 3.63) is 28.2 Å². The van der Waals surface area contributed by atoms with Crippen LogP contribution in [0.5, 0.6) is 0 Å². The number of anilines is 1. The Balaban J connectivity index is 2.59. The average molecular weight is 286 g/mol. The molecular weight excluding hydrogens is 274 g/mol. The van der Waals surface area contributed by atoms with Crippen molar-refractivity contribution < 1.29 is 14.3 Å². The van der Waals surface area contributed by atoms with E-state index >= 15 is 0 Å². The number of hydrogen-bond acceptors (Lipinski definition) is 3. The highest BCUT2D eigenvalue weighted by atomic mass is 79.9. The first-order valence-electron chi connectivity index (χ1n) is 4.68. The van der Waals surface area contributed by atoms with Crippen molar-refractivity contribution in [1.29, 1.82) is 0 Å². The van der Waals surface area contributed by atoms with Crippen LogP contribution >= 0.6 is 15.9 Å². The second-order valence-corrected chi connectivity index (χ2v) is 4.20. The van der Waals surface area contributed by atoms with Gasteiger partial charge in [-0.3, -0.25) is 9.59 Å². The van der Waals surface area contributed by atoms with Gasteiger partial charge in [-0.25, -0.2) is 0 Å². The van der Waals surface area contributed by atoms with Gasteiger partial charge in [-0.05, 0) is 30.7 Å². The molecule has 1 rings (SSSR count). The first-order chi connectivity index (χ1) is 7.49. The topological polar surface area (TPSA) is 55.4 Å². The second kappa shape index (κ2) is 5.65. The van der Waals surface area contributed by atoms with Crippen molar-refractivity contribution in [1.82, 2.24) is 0 Å². The van der Waals surface area contributed by atoms with Gasteiger partial charge in [-0.1, -0.05) is 15.9 Å². The number of rotatable bonds is 3. The van der Waals surface area contributed by atoms with Gasteiger partial charge in [0.25, 0.3) is 5.91 Å². The molecule has 0 aliphatic carbocycles. The van der Waals surface area contributed by atoms with E-state index < -0.39 is 5.97 Å². The normalized spacial score (nSPS) is 9.69. The molecular formula is C11H12BrNO3. The molecule has 1 N–H and O–H groups in total. The van der Waals surface area contributed by atoms with Crippen LogP contribution < -0.4 is 5.32 Å². The minimum atomic E-state index is -0.470. The minimum Gasteiger partial charge on any atom is -0.456 e. The van der Waals surface area contributed by atoms with Crippen molar-refractivity contribution in [3.63, 3.8) is 0 Å². The molecule has 0 fully saturated rings. The van der Waals surface area contributed by atoms with E-state index in [0.29, 0.717) is 5.69 Å². The molecule has 1 aromatic rings. The summed E-state index contributed by atoms with van der Waals surface area (Å²) in [6.07, 6.45) is 0. The fourth-order valence-corrected chi connectivity index (χ4v) is 1.60. The van der Waals surface area contributed by atoms with Crippen LogP contribution in [0.2, 0.25) is 0 Å². The number of carbonyl (C=O) groups excluding carboxylic acids is 2. The molecule has 0 aromatic heterocycles. The summed E-state index contributed by atoms with van der Waals surface area (Å²) in [5, 5.41) is 2.66. The maximum atomic E-state index is 11.4. The predicted octanol–water partition coefficient (Wildman–Crippen LogP) is 2.26. The summed E-state index contributed by atoms with van der Waals surface area (Å²) in [6, 6.07) is 5.50. The number of esters is 1. The third-order valence-corrected chi connectivity index (χ3v) is 2.36. The van der Waals surface area contributed by atoms with Crippen molar-refractivity contribution in [3.8, 4) is 0 Å². The number of halogens is 1. The molecule has 86 valence electrons. The molecule has 4 nitrogen and oxygen atoms in total. The van der Waals surface area contributed by atoms with Crippen molar-refractivity contribution >= 4 is 33.5 Å². The van der Waals surface area contributed by atoms with Crippen LogP contribution in [0.1, 0.15) is 12.5 Å². The molecule has 1 aromatic carbocycles. The number of carbonyl (C=O) groups is 2. The van der Waals surface area contributed by atoms with E-state index in [1.54, 1.807) is 6.07 Å². The minimum absolute atomic E-state index is 0.259. The summed E-state index contributed by atoms with van der Waals surface area (Å²) in [4.78, 5) is 21.9. The van der Waals surface area contributed by atoms with Crippen molar-refractivity contribution in [2.75, 3.05) is 11.9 Å². The lowest BCUT2D eigenvalue weighted by atomic mass is 10.2. The van der Waals surface area contributed by atoms with Crippen LogP contribution in [0.25, 0.3) is 0 Å². The first kappa shape index (κ1) is 12.7. The van der Waals surface area contributed by atoms with Gasteiger partial charge < -0.3 is 10.1 Å². The predicted molar refractivity (Wildman–Crippen MR) is 64.1 cm³/mol. The maximum absolute atomic E-state index is 11.4. The Kier molecular flexibility index (Phi) is 4.49. The van der Waals surface area contributed by atoms with Gasteiger partial charge in [0.2, 0.25) is 0 Å². The molecule has 0 aliphatic heterocycles. The van der Waals surface area contributed by atoms with Crippen LogP contribution in [0.4, 0.5) is 5.69 Å². The third kappa shape index (κ3) is 4.02. The smallest absolute Gasteiger partial charge is 0.303 e. The summed E-state index contributed by atoms with van der Waals surface area (Å²) < 4.78 is 5.53. The molecule has 0 aliphatic rings. The van der Waals surface area contributed by atoms with Gasteiger partial charge in [0.15, 0.2) is 6.61 Å². The fraction of sp³-hybridized carbons (Fsp3) is 0.273. The Morgan fingerprint density at radius 3 is 2.69 bits per heavy atom. The average Bonchev–Trinajstić information content (AvgIpc) is 2.19. The zero-order chi connectivity index (χ0) is 12.1. The molecule has 5 heteroatoms. The van der Waals surface area contributed by atoms with Crippen LogP contribution in [0.15, 0.2) is 22.7 Å². The molecule has 0 heterocycles. The van der Waals surface area contributed by atoms with E-state index in [9.17, 15) is 9.59 Å². The van der Waals surface area contributed by atoms with Crippen molar-refractivity contribution in [2.45, 2.75) is 13.8 Å². The molecule has 16 heavy (non-hydrogen) atoms. The quantitative estimate of drug-likeness (QED) is 0.867. The lowest BCUT2D eigenvalue weighted by molar-refractivity contribution is -0.144. The van der Waals surface area contributed by atoms with Gasteiger partial charge in [0.1, 0.15) is 0 Å². The largest absolute Gasteiger partial charge is 0.456 e. The number of ether oxygens (including phenoxy) is 1. The van der Waals surface area contributed by atoms with E-state index in [1.165, 1.54) is 6.92 Å². The number of aryl methyl sites for hydroxylation is 1. The van der Waals surface area contributed by atoms with E-state index in [0.717, 1.165) is 10.0 Å². The number of benzene rings is 1. The van der Waals surface area contributed by atoms with E-state index in [1.807, 2.05) is 19.1 Å². The monoisotopic (exact) mass is 285 g/mol. The lowest BCUT2D eigenvalue weighted by Crippen LogP contribution is -2.20. The summed E-state index contributed by atoms with van der Waals surface area (Å²) in [7, 11) is 0. The van der Waals surface area contributed by atoms with Gasteiger partial charge >= 0.3 is 5.97 Å². The van der Waals surface area contributed by atoms with Crippen LogP contribution in [0.3, 0.4) is 0 Å². The zero-order valence-corrected chi connectivity index (χ0v) is 10.6. The Morgan fingerprint density at radius 1 is 1.44 bits per heavy atom.